The van der Waals surface area contributed by atoms with Gasteiger partial charge in [0.25, 0.3) is 10.0 Å². The van der Waals surface area contributed by atoms with Crippen molar-refractivity contribution in [2.24, 2.45) is 0 Å². The summed E-state index contributed by atoms with van der Waals surface area (Å²) in [6.45, 7) is 0.251. The van der Waals surface area contributed by atoms with E-state index in [0.29, 0.717) is 11.1 Å². The van der Waals surface area contributed by atoms with Crippen molar-refractivity contribution in [2.75, 3.05) is 6.54 Å². The maximum atomic E-state index is 12.9. The molecule has 144 valence electrons. The highest BCUT2D eigenvalue weighted by Crippen LogP contribution is 2.24. The number of aromatic nitrogens is 1. The molecule has 0 fully saturated rings. The van der Waals surface area contributed by atoms with E-state index in [9.17, 15) is 13.2 Å². The predicted octanol–water partition coefficient (Wildman–Crippen LogP) is 3.08. The summed E-state index contributed by atoms with van der Waals surface area (Å²) in [7, 11) is -3.78. The minimum Gasteiger partial charge on any atom is -0.478 e. The van der Waals surface area contributed by atoms with E-state index in [1.807, 2.05) is 5.48 Å². The van der Waals surface area contributed by atoms with E-state index in [1.54, 1.807) is 48.6 Å². The van der Waals surface area contributed by atoms with Gasteiger partial charge in [0, 0.05) is 18.9 Å². The van der Waals surface area contributed by atoms with Gasteiger partial charge in [0.15, 0.2) is 0 Å². The number of carboxylic acids is 1. The number of hydroxylamine groups is 1. The highest BCUT2D eigenvalue weighted by Gasteiger charge is 2.17. The number of nitrogens with zero attached hydrogens (tertiary/aromatic N) is 1. The fourth-order valence-corrected chi connectivity index (χ4v) is 3.90. The summed E-state index contributed by atoms with van der Waals surface area (Å²) in [5.41, 5.74) is 4.21. The average molecular weight is 398 g/mol. The molecule has 2 aromatic carbocycles. The Balaban J connectivity index is 1.91. The maximum Gasteiger partial charge on any atom is 0.335 e. The molecule has 8 heteroatoms. The molecule has 0 amide bonds. The quantitative estimate of drug-likeness (QED) is 0.528. The summed E-state index contributed by atoms with van der Waals surface area (Å²) in [6, 6.07) is 14.4. The zero-order chi connectivity index (χ0) is 20.1. The van der Waals surface area contributed by atoms with Crippen LogP contribution in [-0.4, -0.2) is 35.2 Å². The van der Waals surface area contributed by atoms with Crippen LogP contribution in [0, 0.1) is 0 Å². The molecule has 7 nitrogen and oxygen atoms in total. The van der Waals surface area contributed by atoms with Crippen LogP contribution >= 0.6 is 0 Å². The zero-order valence-electron chi connectivity index (χ0n) is 14.7. The van der Waals surface area contributed by atoms with Crippen LogP contribution in [0.4, 0.5) is 0 Å². The number of aromatic carboxylic acids is 1. The molecule has 0 saturated carbocycles. The summed E-state index contributed by atoms with van der Waals surface area (Å²) >= 11 is 0. The number of carboxylic acid groups (broad SMARTS) is 1. The Morgan fingerprint density at radius 2 is 1.82 bits per heavy atom. The van der Waals surface area contributed by atoms with Crippen LogP contribution in [0.5, 0.6) is 0 Å². The lowest BCUT2D eigenvalue weighted by atomic mass is 10.0. The van der Waals surface area contributed by atoms with E-state index in [1.165, 1.54) is 30.6 Å². The lowest BCUT2D eigenvalue weighted by Gasteiger charge is -2.08. The number of hydrogen-bond acceptors (Lipinski definition) is 5. The first kappa shape index (κ1) is 19.6. The first-order chi connectivity index (χ1) is 13.4. The van der Waals surface area contributed by atoms with Gasteiger partial charge in [-0.05, 0) is 47.0 Å². The topological polar surface area (TPSA) is 109 Å². The monoisotopic (exact) mass is 398 g/mol. The second-order valence-corrected chi connectivity index (χ2v) is 7.80. The largest absolute Gasteiger partial charge is 0.478 e. The van der Waals surface area contributed by atoms with E-state index in [2.05, 4.69) is 0 Å². The van der Waals surface area contributed by atoms with Gasteiger partial charge in [0.2, 0.25) is 0 Å². The molecule has 3 rings (SSSR count). The predicted molar refractivity (Wildman–Crippen MR) is 105 cm³/mol. The fourth-order valence-electron chi connectivity index (χ4n) is 2.65. The van der Waals surface area contributed by atoms with Crippen molar-refractivity contribution in [1.82, 2.24) is 9.45 Å². The van der Waals surface area contributed by atoms with Crippen LogP contribution in [0.3, 0.4) is 0 Å². The van der Waals surface area contributed by atoms with Crippen molar-refractivity contribution in [1.29, 1.82) is 0 Å². The van der Waals surface area contributed by atoms with E-state index in [0.717, 1.165) is 9.54 Å². The van der Waals surface area contributed by atoms with Crippen LogP contribution in [0.2, 0.25) is 0 Å². The van der Waals surface area contributed by atoms with Crippen molar-refractivity contribution in [2.45, 2.75) is 4.90 Å². The van der Waals surface area contributed by atoms with Gasteiger partial charge < -0.3 is 10.3 Å². The number of nitrogens with one attached hydrogen (secondary N) is 1. The Kier molecular flexibility index (Phi) is 5.74. The fraction of sp³-hybridized carbons (Fsp3) is 0.0500. The third kappa shape index (κ3) is 4.20. The lowest BCUT2D eigenvalue weighted by Crippen LogP contribution is -2.10. The molecule has 0 saturated heterocycles. The first-order valence-corrected chi connectivity index (χ1v) is 9.77. The lowest BCUT2D eigenvalue weighted by molar-refractivity contribution is 0.0697. The van der Waals surface area contributed by atoms with Gasteiger partial charge in [-0.2, -0.15) is 0 Å². The molecule has 1 heterocycles. The Morgan fingerprint density at radius 1 is 1.07 bits per heavy atom. The van der Waals surface area contributed by atoms with Crippen LogP contribution in [0.15, 0.2) is 78.0 Å². The van der Waals surface area contributed by atoms with Gasteiger partial charge in [0.1, 0.15) is 0 Å². The van der Waals surface area contributed by atoms with Crippen LogP contribution in [0.25, 0.3) is 17.2 Å². The highest BCUT2D eigenvalue weighted by molar-refractivity contribution is 7.90. The normalized spacial score (nSPS) is 11.8. The Hall–Kier alpha value is -3.20. The smallest absolute Gasteiger partial charge is 0.335 e. The van der Waals surface area contributed by atoms with Gasteiger partial charge in [-0.1, -0.05) is 36.4 Å². The first-order valence-electron chi connectivity index (χ1n) is 8.32. The van der Waals surface area contributed by atoms with Crippen LogP contribution < -0.4 is 5.48 Å². The molecule has 28 heavy (non-hydrogen) atoms. The summed E-state index contributed by atoms with van der Waals surface area (Å²) in [6.07, 6.45) is 6.29. The number of hydrogen-bond donors (Lipinski definition) is 3. The maximum absolute atomic E-state index is 12.9. The molecular weight excluding hydrogens is 380 g/mol. The SMILES string of the molecule is O=C(O)c1ccc(-c2cccc(S(=O)(=O)n3ccc(/C=C/CNO)c3)c2)cc1. The molecule has 3 N–H and O–H groups in total. The van der Waals surface area contributed by atoms with Crippen LogP contribution in [0.1, 0.15) is 15.9 Å². The summed E-state index contributed by atoms with van der Waals surface area (Å²) < 4.78 is 27.0. The minimum absolute atomic E-state index is 0.121. The van der Waals surface area contributed by atoms with Gasteiger partial charge in [-0.3, -0.25) is 0 Å². The van der Waals surface area contributed by atoms with Gasteiger partial charge in [-0.15, -0.1) is 0 Å². The molecule has 0 radical (unpaired) electrons. The Morgan fingerprint density at radius 3 is 2.50 bits per heavy atom. The Labute approximate surface area is 162 Å². The van der Waals surface area contributed by atoms with E-state index in [-0.39, 0.29) is 17.0 Å². The summed E-state index contributed by atoms with van der Waals surface area (Å²) in [5, 5.41) is 17.5. The third-order valence-electron chi connectivity index (χ3n) is 4.08. The highest BCUT2D eigenvalue weighted by atomic mass is 32.2. The van der Waals surface area contributed by atoms with E-state index in [4.69, 9.17) is 10.3 Å². The Bertz CT molecular complexity index is 1120. The zero-order valence-corrected chi connectivity index (χ0v) is 15.5. The molecule has 0 spiro atoms. The average Bonchev–Trinajstić information content (AvgIpc) is 3.18. The van der Waals surface area contributed by atoms with Crippen LogP contribution in [-0.2, 0) is 10.0 Å². The molecule has 0 unspecified atom stereocenters. The van der Waals surface area contributed by atoms with E-state index >= 15 is 0 Å². The molecule has 3 aromatic rings. The molecular formula is C20H18N2O5S. The van der Waals surface area contributed by atoms with Crippen molar-refractivity contribution in [3.8, 4) is 11.1 Å². The molecule has 1 aromatic heterocycles. The van der Waals surface area contributed by atoms with Crippen molar-refractivity contribution in [3.63, 3.8) is 0 Å². The standard InChI is InChI=1S/C20H18N2O5S/c23-20(24)17-8-6-16(7-9-17)18-4-1-5-19(13-18)28(26,27)22-12-10-15(14-22)3-2-11-21-25/h1-10,12-14,21,25H,11H2,(H,23,24)/b3-2+. The van der Waals surface area contributed by atoms with Gasteiger partial charge in [-0.25, -0.2) is 22.7 Å². The molecule has 0 aliphatic heterocycles. The second kappa shape index (κ2) is 8.22. The minimum atomic E-state index is -3.78. The molecule has 0 atom stereocenters. The number of rotatable bonds is 7. The van der Waals surface area contributed by atoms with Gasteiger partial charge in [0.05, 0.1) is 10.5 Å². The number of benzene rings is 2. The van der Waals surface area contributed by atoms with Crippen molar-refractivity contribution in [3.05, 3.63) is 84.2 Å². The summed E-state index contributed by atoms with van der Waals surface area (Å²) in [5.74, 6) is -1.02. The molecule has 0 bridgehead atoms. The third-order valence-corrected chi connectivity index (χ3v) is 5.72. The number of carbonyl (C=O) groups is 1. The summed E-state index contributed by atoms with van der Waals surface area (Å²) in [4.78, 5) is 11.1. The molecule has 0 aliphatic carbocycles. The van der Waals surface area contributed by atoms with Crippen molar-refractivity contribution >= 4 is 22.1 Å². The second-order valence-electron chi connectivity index (χ2n) is 5.95. The molecule has 0 aliphatic rings. The van der Waals surface area contributed by atoms with E-state index < -0.39 is 16.0 Å². The van der Waals surface area contributed by atoms with Gasteiger partial charge >= 0.3 is 5.97 Å². The van der Waals surface area contributed by atoms with Crippen molar-refractivity contribution < 1.29 is 23.5 Å².